The first-order valence-corrected chi connectivity index (χ1v) is 6.52. The summed E-state index contributed by atoms with van der Waals surface area (Å²) in [5, 5.41) is 14.8. The van der Waals surface area contributed by atoms with Gasteiger partial charge >= 0.3 is 5.82 Å². The molecule has 0 bridgehead atoms. The number of benzene rings is 1. The van der Waals surface area contributed by atoms with Crippen LogP contribution in [0.25, 0.3) is 0 Å². The predicted molar refractivity (Wildman–Crippen MR) is 76.2 cm³/mol. The van der Waals surface area contributed by atoms with E-state index in [1.165, 1.54) is 28.1 Å². The Hall–Kier alpha value is -2.21. The highest BCUT2D eigenvalue weighted by Gasteiger charge is 2.15. The molecule has 2 rings (SSSR count). The molecule has 0 amide bonds. The third-order valence-corrected chi connectivity index (χ3v) is 3.14. The molecule has 0 aliphatic rings. The van der Waals surface area contributed by atoms with Crippen molar-refractivity contribution < 1.29 is 4.92 Å². The molecule has 2 aromatic rings. The second-order valence-corrected chi connectivity index (χ2v) is 4.77. The smallest absolute Gasteiger partial charge is 0.346 e. The quantitative estimate of drug-likeness (QED) is 0.599. The Bertz CT molecular complexity index is 577. The van der Waals surface area contributed by atoms with Crippen LogP contribution in [-0.4, -0.2) is 26.7 Å². The number of hydrogen-bond donors (Lipinski definition) is 0. The van der Waals surface area contributed by atoms with Crippen molar-refractivity contribution in [3.05, 3.63) is 57.8 Å². The molecule has 0 saturated heterocycles. The van der Waals surface area contributed by atoms with E-state index in [2.05, 4.69) is 36.3 Å². The summed E-state index contributed by atoms with van der Waals surface area (Å²) in [7, 11) is 1.92. The number of rotatable bonds is 6. The number of aromatic nitrogens is 2. The molecule has 0 atom stereocenters. The minimum Gasteiger partial charge on any atom is -0.358 e. The van der Waals surface area contributed by atoms with Crippen molar-refractivity contribution >= 4 is 5.82 Å². The lowest BCUT2D eigenvalue weighted by molar-refractivity contribution is -0.393. The maximum absolute atomic E-state index is 10.8. The van der Waals surface area contributed by atoms with Gasteiger partial charge in [-0.3, -0.25) is 4.90 Å². The average molecular weight is 274 g/mol. The second kappa shape index (κ2) is 6.29. The summed E-state index contributed by atoms with van der Waals surface area (Å²) in [5.74, 6) is 0.0122. The maximum Gasteiger partial charge on any atom is 0.346 e. The molecule has 0 fully saturated rings. The zero-order valence-corrected chi connectivity index (χ0v) is 11.7. The molecular formula is C14H18N4O2. The first-order valence-electron chi connectivity index (χ1n) is 6.52. The van der Waals surface area contributed by atoms with E-state index in [1.54, 1.807) is 0 Å². The van der Waals surface area contributed by atoms with Crippen molar-refractivity contribution in [2.45, 2.75) is 26.6 Å². The lowest BCUT2D eigenvalue weighted by Crippen LogP contribution is -2.23. The minimum absolute atomic E-state index is 0.0122. The molecule has 0 N–H and O–H groups in total. The first-order chi connectivity index (χ1) is 9.60. The van der Waals surface area contributed by atoms with Gasteiger partial charge in [0.2, 0.25) is 0 Å². The molecule has 1 heterocycles. The topological polar surface area (TPSA) is 64.2 Å². The van der Waals surface area contributed by atoms with Crippen molar-refractivity contribution in [2.24, 2.45) is 0 Å². The van der Waals surface area contributed by atoms with Crippen LogP contribution in [0, 0.1) is 10.1 Å². The zero-order valence-electron chi connectivity index (χ0n) is 11.7. The van der Waals surface area contributed by atoms with E-state index in [4.69, 9.17) is 0 Å². The van der Waals surface area contributed by atoms with E-state index in [1.807, 2.05) is 11.9 Å². The van der Waals surface area contributed by atoms with E-state index in [0.29, 0.717) is 6.67 Å². The van der Waals surface area contributed by atoms with Crippen molar-refractivity contribution in [1.82, 2.24) is 14.7 Å². The highest BCUT2D eigenvalue weighted by Crippen LogP contribution is 2.12. The molecule has 6 heteroatoms. The van der Waals surface area contributed by atoms with Gasteiger partial charge in [-0.05, 0) is 29.5 Å². The third kappa shape index (κ3) is 3.42. The Morgan fingerprint density at radius 2 is 1.90 bits per heavy atom. The Kier molecular flexibility index (Phi) is 4.47. The van der Waals surface area contributed by atoms with Gasteiger partial charge in [0.15, 0.2) is 6.67 Å². The summed E-state index contributed by atoms with van der Waals surface area (Å²) in [4.78, 5) is 12.4. The minimum atomic E-state index is -0.420. The van der Waals surface area contributed by atoms with Gasteiger partial charge in [0.25, 0.3) is 0 Å². The Balaban J connectivity index is 1.99. The number of aryl methyl sites for hydroxylation is 1. The van der Waals surface area contributed by atoms with Crippen LogP contribution in [0.1, 0.15) is 18.1 Å². The molecule has 6 nitrogen and oxygen atoms in total. The average Bonchev–Trinajstić information content (AvgIpc) is 2.87. The second-order valence-electron chi connectivity index (χ2n) is 4.77. The molecular weight excluding hydrogens is 256 g/mol. The van der Waals surface area contributed by atoms with Gasteiger partial charge in [0.1, 0.15) is 0 Å². The standard InChI is InChI=1S/C14H18N4O2/c1-3-12-4-6-13(7-5-12)10-16(2)11-17-14(18(19)20)8-9-15-17/h4-9H,3,10-11H2,1-2H3. The van der Waals surface area contributed by atoms with Crippen LogP contribution in [-0.2, 0) is 19.6 Å². The lowest BCUT2D eigenvalue weighted by atomic mass is 10.1. The molecule has 106 valence electrons. The largest absolute Gasteiger partial charge is 0.358 e. The van der Waals surface area contributed by atoms with Crippen LogP contribution in [0.3, 0.4) is 0 Å². The summed E-state index contributed by atoms with van der Waals surface area (Å²) >= 11 is 0. The van der Waals surface area contributed by atoms with E-state index >= 15 is 0 Å². The van der Waals surface area contributed by atoms with Crippen molar-refractivity contribution in [3.8, 4) is 0 Å². The number of nitro groups is 1. The SMILES string of the molecule is CCc1ccc(CN(C)Cn2nccc2[N+](=O)[O-])cc1. The molecule has 1 aromatic heterocycles. The molecule has 20 heavy (non-hydrogen) atoms. The molecule has 0 aliphatic carbocycles. The zero-order chi connectivity index (χ0) is 14.5. The normalized spacial score (nSPS) is 10.9. The molecule has 0 unspecified atom stereocenters. The van der Waals surface area contributed by atoms with Crippen molar-refractivity contribution in [2.75, 3.05) is 7.05 Å². The fourth-order valence-electron chi connectivity index (χ4n) is 2.06. The van der Waals surface area contributed by atoms with Crippen LogP contribution in [0.5, 0.6) is 0 Å². The first kappa shape index (κ1) is 14.2. The van der Waals surface area contributed by atoms with E-state index < -0.39 is 4.92 Å². The van der Waals surface area contributed by atoms with Gasteiger partial charge in [-0.1, -0.05) is 36.3 Å². The maximum atomic E-state index is 10.8. The summed E-state index contributed by atoms with van der Waals surface area (Å²) < 4.78 is 1.39. The monoisotopic (exact) mass is 274 g/mol. The molecule has 0 spiro atoms. The summed E-state index contributed by atoms with van der Waals surface area (Å²) in [6, 6.07) is 9.81. The van der Waals surface area contributed by atoms with Gasteiger partial charge in [-0.2, -0.15) is 0 Å². The van der Waals surface area contributed by atoms with Crippen LogP contribution in [0.2, 0.25) is 0 Å². The van der Waals surface area contributed by atoms with Crippen molar-refractivity contribution in [1.29, 1.82) is 0 Å². The van der Waals surface area contributed by atoms with Gasteiger partial charge in [0, 0.05) is 6.54 Å². The van der Waals surface area contributed by atoms with Gasteiger partial charge in [-0.25, -0.2) is 0 Å². The third-order valence-electron chi connectivity index (χ3n) is 3.14. The molecule has 0 saturated carbocycles. The van der Waals surface area contributed by atoms with Crippen LogP contribution < -0.4 is 0 Å². The van der Waals surface area contributed by atoms with E-state index in [-0.39, 0.29) is 5.82 Å². The number of nitrogens with zero attached hydrogens (tertiary/aromatic N) is 4. The van der Waals surface area contributed by atoms with Crippen LogP contribution in [0.15, 0.2) is 36.5 Å². The Morgan fingerprint density at radius 3 is 2.50 bits per heavy atom. The lowest BCUT2D eigenvalue weighted by Gasteiger charge is -2.14. The van der Waals surface area contributed by atoms with Crippen LogP contribution in [0.4, 0.5) is 5.82 Å². The summed E-state index contributed by atoms with van der Waals surface area (Å²) in [5.41, 5.74) is 2.48. The Morgan fingerprint density at radius 1 is 1.25 bits per heavy atom. The predicted octanol–water partition coefficient (Wildman–Crippen LogP) is 2.44. The van der Waals surface area contributed by atoms with Crippen LogP contribution >= 0.6 is 0 Å². The van der Waals surface area contributed by atoms with Gasteiger partial charge < -0.3 is 10.1 Å². The molecule has 0 radical (unpaired) electrons. The van der Waals surface area contributed by atoms with Gasteiger partial charge in [-0.15, -0.1) is 4.68 Å². The Labute approximate surface area is 117 Å². The van der Waals surface area contributed by atoms with Crippen molar-refractivity contribution in [3.63, 3.8) is 0 Å². The highest BCUT2D eigenvalue weighted by molar-refractivity contribution is 5.22. The number of hydrogen-bond acceptors (Lipinski definition) is 4. The van der Waals surface area contributed by atoms with Gasteiger partial charge in [0.05, 0.1) is 12.3 Å². The van der Waals surface area contributed by atoms with E-state index in [0.717, 1.165) is 13.0 Å². The molecule has 0 aliphatic heterocycles. The summed E-state index contributed by atoms with van der Waals surface area (Å²) in [6.07, 6.45) is 2.47. The fraction of sp³-hybridized carbons (Fsp3) is 0.357. The van der Waals surface area contributed by atoms with E-state index in [9.17, 15) is 10.1 Å². The highest BCUT2D eigenvalue weighted by atomic mass is 16.6. The summed E-state index contributed by atoms with van der Waals surface area (Å²) in [6.45, 7) is 3.23. The molecule has 1 aromatic carbocycles. The fourth-order valence-corrected chi connectivity index (χ4v) is 2.06.